The second-order valence-electron chi connectivity index (χ2n) is 6.73. The fraction of sp³-hybridized carbons (Fsp3) is 0.444. The number of fused-ring (bicyclic) bond motifs is 2. The molecule has 4 rings (SSSR count). The third-order valence-corrected chi connectivity index (χ3v) is 5.80. The summed E-state index contributed by atoms with van der Waals surface area (Å²) in [6.07, 6.45) is 5.55. The standard InChI is InChI=1S/C18H21N5O2S/c1-23(10-15-19-14-8-9-26-17(14)18(25)20-15)16(24)7-6-13-11-4-2-3-5-12(11)21-22-13/h8-9H,2-7,10H2,1H3,(H,21,22)(H,19,20,25). The molecule has 1 aliphatic rings. The molecule has 0 aromatic carbocycles. The second-order valence-corrected chi connectivity index (χ2v) is 7.65. The van der Waals surface area contributed by atoms with Gasteiger partial charge in [-0.1, -0.05) is 0 Å². The van der Waals surface area contributed by atoms with Crippen LogP contribution in [0.15, 0.2) is 16.2 Å². The molecule has 0 aliphatic heterocycles. The number of aromatic nitrogens is 4. The first-order chi connectivity index (χ1) is 12.6. The number of nitrogens with zero attached hydrogens (tertiary/aromatic N) is 3. The van der Waals surface area contributed by atoms with Gasteiger partial charge in [0.15, 0.2) is 0 Å². The molecule has 26 heavy (non-hydrogen) atoms. The highest BCUT2D eigenvalue weighted by molar-refractivity contribution is 7.17. The van der Waals surface area contributed by atoms with Gasteiger partial charge in [0.2, 0.25) is 5.91 Å². The van der Waals surface area contributed by atoms with Crippen molar-refractivity contribution in [1.82, 2.24) is 25.1 Å². The van der Waals surface area contributed by atoms with Crippen molar-refractivity contribution in [3.63, 3.8) is 0 Å². The number of rotatable bonds is 5. The Hall–Kier alpha value is -2.48. The van der Waals surface area contributed by atoms with Crippen LogP contribution in [0.3, 0.4) is 0 Å². The van der Waals surface area contributed by atoms with E-state index in [2.05, 4.69) is 20.2 Å². The van der Waals surface area contributed by atoms with E-state index in [4.69, 9.17) is 0 Å². The summed E-state index contributed by atoms with van der Waals surface area (Å²) in [6, 6.07) is 1.82. The molecule has 0 spiro atoms. The van der Waals surface area contributed by atoms with Crippen LogP contribution in [0, 0.1) is 0 Å². The highest BCUT2D eigenvalue weighted by Crippen LogP contribution is 2.23. The minimum absolute atomic E-state index is 0.0191. The molecule has 3 heterocycles. The Morgan fingerprint density at radius 3 is 3.08 bits per heavy atom. The zero-order valence-corrected chi connectivity index (χ0v) is 15.5. The fourth-order valence-electron chi connectivity index (χ4n) is 3.48. The molecule has 0 saturated carbocycles. The molecule has 3 aromatic heterocycles. The molecule has 0 fully saturated rings. The number of carbonyl (C=O) groups is 1. The van der Waals surface area contributed by atoms with E-state index in [0.717, 1.165) is 18.5 Å². The van der Waals surface area contributed by atoms with E-state index < -0.39 is 0 Å². The maximum atomic E-state index is 12.5. The van der Waals surface area contributed by atoms with Crippen molar-refractivity contribution < 1.29 is 4.79 Å². The maximum absolute atomic E-state index is 12.5. The predicted octanol–water partition coefficient (Wildman–Crippen LogP) is 2.18. The van der Waals surface area contributed by atoms with Crippen LogP contribution in [-0.4, -0.2) is 38.0 Å². The molecule has 136 valence electrons. The number of thiophene rings is 1. The van der Waals surface area contributed by atoms with Crippen molar-refractivity contribution in [2.75, 3.05) is 7.05 Å². The zero-order valence-electron chi connectivity index (χ0n) is 14.7. The molecule has 2 N–H and O–H groups in total. The van der Waals surface area contributed by atoms with Crippen LogP contribution < -0.4 is 5.56 Å². The average Bonchev–Trinajstić information content (AvgIpc) is 3.26. The van der Waals surface area contributed by atoms with Gasteiger partial charge in [-0.25, -0.2) is 4.98 Å². The highest BCUT2D eigenvalue weighted by atomic mass is 32.1. The van der Waals surface area contributed by atoms with Crippen LogP contribution in [-0.2, 0) is 30.6 Å². The van der Waals surface area contributed by atoms with E-state index in [1.807, 2.05) is 11.4 Å². The number of nitrogens with one attached hydrogen (secondary N) is 2. The molecule has 3 aromatic rings. The molecular formula is C18H21N5O2S. The number of carbonyl (C=O) groups excluding carboxylic acids is 1. The Bertz CT molecular complexity index is 1000. The molecule has 1 aliphatic carbocycles. The monoisotopic (exact) mass is 371 g/mol. The Labute approximate surface area is 154 Å². The van der Waals surface area contributed by atoms with Gasteiger partial charge < -0.3 is 9.88 Å². The molecular weight excluding hydrogens is 350 g/mol. The molecule has 0 radical (unpaired) electrons. The molecule has 7 nitrogen and oxygen atoms in total. The second kappa shape index (κ2) is 7.03. The van der Waals surface area contributed by atoms with Crippen LogP contribution in [0.2, 0.25) is 0 Å². The van der Waals surface area contributed by atoms with Gasteiger partial charge in [-0.2, -0.15) is 5.10 Å². The van der Waals surface area contributed by atoms with Gasteiger partial charge in [0, 0.05) is 25.6 Å². The first kappa shape index (κ1) is 17.0. The summed E-state index contributed by atoms with van der Waals surface area (Å²) in [5.41, 5.74) is 4.09. The topological polar surface area (TPSA) is 94.7 Å². The van der Waals surface area contributed by atoms with Crippen molar-refractivity contribution in [2.45, 2.75) is 45.1 Å². The van der Waals surface area contributed by atoms with E-state index in [-0.39, 0.29) is 11.5 Å². The summed E-state index contributed by atoms with van der Waals surface area (Å²) in [5.74, 6) is 0.527. The average molecular weight is 371 g/mol. The number of aromatic amines is 2. The number of hydrogen-bond donors (Lipinski definition) is 2. The van der Waals surface area contributed by atoms with E-state index in [1.54, 1.807) is 11.9 Å². The van der Waals surface area contributed by atoms with Gasteiger partial charge in [0.25, 0.3) is 5.56 Å². The maximum Gasteiger partial charge on any atom is 0.268 e. The number of amides is 1. The highest BCUT2D eigenvalue weighted by Gasteiger charge is 2.18. The minimum atomic E-state index is -0.149. The number of aryl methyl sites for hydroxylation is 2. The number of hydrogen-bond acceptors (Lipinski definition) is 5. The Morgan fingerprint density at radius 2 is 2.19 bits per heavy atom. The lowest BCUT2D eigenvalue weighted by Gasteiger charge is -2.16. The minimum Gasteiger partial charge on any atom is -0.338 e. The van der Waals surface area contributed by atoms with Crippen LogP contribution in [0.25, 0.3) is 10.2 Å². The van der Waals surface area contributed by atoms with Crippen molar-refractivity contribution in [3.8, 4) is 0 Å². The largest absolute Gasteiger partial charge is 0.338 e. The normalized spacial score (nSPS) is 13.7. The smallest absolute Gasteiger partial charge is 0.268 e. The Balaban J connectivity index is 1.39. The first-order valence-electron chi connectivity index (χ1n) is 8.87. The van der Waals surface area contributed by atoms with Crippen molar-refractivity contribution in [3.05, 3.63) is 44.6 Å². The van der Waals surface area contributed by atoms with E-state index in [0.29, 0.717) is 35.4 Å². The van der Waals surface area contributed by atoms with E-state index in [1.165, 1.54) is 35.4 Å². The van der Waals surface area contributed by atoms with Gasteiger partial charge in [-0.15, -0.1) is 11.3 Å². The quantitative estimate of drug-likeness (QED) is 0.719. The van der Waals surface area contributed by atoms with E-state index >= 15 is 0 Å². The Morgan fingerprint density at radius 1 is 1.35 bits per heavy atom. The molecule has 8 heteroatoms. The summed E-state index contributed by atoms with van der Waals surface area (Å²) in [7, 11) is 1.74. The van der Waals surface area contributed by atoms with Crippen LogP contribution in [0.5, 0.6) is 0 Å². The summed E-state index contributed by atoms with van der Waals surface area (Å²) < 4.78 is 0.617. The van der Waals surface area contributed by atoms with Crippen LogP contribution >= 0.6 is 11.3 Å². The SMILES string of the molecule is CN(Cc1nc2ccsc2c(=O)[nH]1)C(=O)CCc1n[nH]c2c1CCCC2. The summed E-state index contributed by atoms with van der Waals surface area (Å²) in [5, 5.41) is 9.36. The fourth-order valence-corrected chi connectivity index (χ4v) is 4.21. The van der Waals surface area contributed by atoms with Crippen LogP contribution in [0.4, 0.5) is 0 Å². The third-order valence-electron chi connectivity index (χ3n) is 4.89. The lowest BCUT2D eigenvalue weighted by molar-refractivity contribution is -0.130. The third kappa shape index (κ3) is 3.29. The summed E-state index contributed by atoms with van der Waals surface area (Å²) >= 11 is 1.37. The molecule has 1 amide bonds. The predicted molar refractivity (Wildman–Crippen MR) is 100 cm³/mol. The Kier molecular flexibility index (Phi) is 4.58. The van der Waals surface area contributed by atoms with Crippen molar-refractivity contribution in [2.24, 2.45) is 0 Å². The van der Waals surface area contributed by atoms with Gasteiger partial charge in [-0.3, -0.25) is 14.7 Å². The zero-order chi connectivity index (χ0) is 18.1. The van der Waals surface area contributed by atoms with Crippen molar-refractivity contribution >= 4 is 27.5 Å². The summed E-state index contributed by atoms with van der Waals surface area (Å²) in [4.78, 5) is 33.3. The lowest BCUT2D eigenvalue weighted by atomic mass is 9.94. The molecule has 0 atom stereocenters. The van der Waals surface area contributed by atoms with Crippen molar-refractivity contribution in [1.29, 1.82) is 0 Å². The lowest BCUT2D eigenvalue weighted by Crippen LogP contribution is -2.28. The summed E-state index contributed by atoms with van der Waals surface area (Å²) in [6.45, 7) is 0.290. The van der Waals surface area contributed by atoms with Gasteiger partial charge in [0.1, 0.15) is 10.5 Å². The molecule has 0 bridgehead atoms. The first-order valence-corrected chi connectivity index (χ1v) is 9.75. The molecule has 0 saturated heterocycles. The van der Waals surface area contributed by atoms with E-state index in [9.17, 15) is 9.59 Å². The van der Waals surface area contributed by atoms with Gasteiger partial charge in [0.05, 0.1) is 17.8 Å². The van der Waals surface area contributed by atoms with Crippen LogP contribution in [0.1, 0.15) is 42.0 Å². The van der Waals surface area contributed by atoms with Gasteiger partial charge in [-0.05, 0) is 42.7 Å². The number of H-pyrrole nitrogens is 2. The molecule has 0 unspecified atom stereocenters. The van der Waals surface area contributed by atoms with Gasteiger partial charge >= 0.3 is 0 Å².